The molecule has 0 saturated heterocycles. The van der Waals surface area contributed by atoms with Crippen molar-refractivity contribution in [2.75, 3.05) is 11.5 Å². The summed E-state index contributed by atoms with van der Waals surface area (Å²) in [5, 5.41) is 0.393. The lowest BCUT2D eigenvalue weighted by Crippen LogP contribution is -1.97. The minimum atomic E-state index is 0.393. The Hall–Kier alpha value is -1.81. The third-order valence-corrected chi connectivity index (χ3v) is 2.35. The topological polar surface area (TPSA) is 77.8 Å². The Labute approximate surface area is 98.3 Å². The first kappa shape index (κ1) is 10.7. The van der Waals surface area contributed by atoms with Gasteiger partial charge in [-0.05, 0) is 25.1 Å². The van der Waals surface area contributed by atoms with Crippen LogP contribution >= 0.6 is 11.6 Å². The van der Waals surface area contributed by atoms with Crippen LogP contribution < -0.4 is 11.5 Å². The Kier molecular flexibility index (Phi) is 2.66. The fourth-order valence-corrected chi connectivity index (χ4v) is 1.69. The van der Waals surface area contributed by atoms with E-state index in [2.05, 4.69) is 9.97 Å². The molecule has 4 N–H and O–H groups in total. The lowest BCUT2D eigenvalue weighted by Gasteiger charge is -2.07. The highest BCUT2D eigenvalue weighted by molar-refractivity contribution is 6.29. The zero-order valence-corrected chi connectivity index (χ0v) is 9.49. The van der Waals surface area contributed by atoms with Crippen LogP contribution in [0.25, 0.3) is 11.3 Å². The molecule has 2 rings (SSSR count). The summed E-state index contributed by atoms with van der Waals surface area (Å²) in [6, 6.07) is 6.93. The van der Waals surface area contributed by atoms with Crippen molar-refractivity contribution >= 4 is 23.0 Å². The molecule has 1 aromatic carbocycles. The van der Waals surface area contributed by atoms with Crippen molar-refractivity contribution in [3.8, 4) is 11.3 Å². The maximum Gasteiger partial charge on any atom is 0.133 e. The predicted octanol–water partition coefficient (Wildman–Crippen LogP) is 2.27. The van der Waals surface area contributed by atoms with E-state index in [0.29, 0.717) is 28.0 Å². The summed E-state index contributed by atoms with van der Waals surface area (Å²) >= 11 is 5.87. The molecule has 0 aliphatic heterocycles. The first-order valence-electron chi connectivity index (χ1n) is 4.73. The van der Waals surface area contributed by atoms with Crippen LogP contribution in [0.1, 0.15) is 5.82 Å². The van der Waals surface area contributed by atoms with Gasteiger partial charge in [0.2, 0.25) is 0 Å². The number of hydrogen-bond donors (Lipinski definition) is 2. The second-order valence-electron chi connectivity index (χ2n) is 3.47. The van der Waals surface area contributed by atoms with Crippen LogP contribution in [0.3, 0.4) is 0 Å². The maximum absolute atomic E-state index is 5.87. The lowest BCUT2D eigenvalue weighted by molar-refractivity contribution is 1.06. The smallest absolute Gasteiger partial charge is 0.133 e. The quantitative estimate of drug-likeness (QED) is 0.586. The highest BCUT2D eigenvalue weighted by Crippen LogP contribution is 2.27. The Morgan fingerprint density at radius 1 is 1.12 bits per heavy atom. The van der Waals surface area contributed by atoms with Gasteiger partial charge in [-0.1, -0.05) is 11.6 Å². The summed E-state index contributed by atoms with van der Waals surface area (Å²) in [5.74, 6) is 0.601. The Balaban J connectivity index is 2.62. The number of aryl methyl sites for hydroxylation is 1. The fraction of sp³-hybridized carbons (Fsp3) is 0.0909. The molecule has 2 aromatic rings. The van der Waals surface area contributed by atoms with Crippen molar-refractivity contribution in [3.63, 3.8) is 0 Å². The average Bonchev–Trinajstić information content (AvgIpc) is 2.20. The monoisotopic (exact) mass is 234 g/mol. The Morgan fingerprint density at radius 2 is 1.88 bits per heavy atom. The molecular formula is C11H11ClN4. The normalized spacial score (nSPS) is 10.4. The van der Waals surface area contributed by atoms with E-state index in [1.807, 2.05) is 0 Å². The number of nitrogens with zero attached hydrogens (tertiary/aromatic N) is 2. The van der Waals surface area contributed by atoms with Crippen LogP contribution in [0.2, 0.25) is 5.15 Å². The van der Waals surface area contributed by atoms with Gasteiger partial charge in [0.15, 0.2) is 0 Å². The van der Waals surface area contributed by atoms with Gasteiger partial charge in [0.1, 0.15) is 11.0 Å². The maximum atomic E-state index is 5.87. The van der Waals surface area contributed by atoms with Gasteiger partial charge in [0.25, 0.3) is 0 Å². The molecule has 0 amide bonds. The lowest BCUT2D eigenvalue weighted by atomic mass is 10.1. The molecule has 0 aliphatic rings. The van der Waals surface area contributed by atoms with Gasteiger partial charge in [-0.2, -0.15) is 0 Å². The van der Waals surface area contributed by atoms with Crippen molar-refractivity contribution in [1.29, 1.82) is 0 Å². The third-order valence-electron chi connectivity index (χ3n) is 2.16. The molecule has 16 heavy (non-hydrogen) atoms. The van der Waals surface area contributed by atoms with E-state index >= 15 is 0 Å². The molecule has 1 heterocycles. The molecule has 1 aromatic heterocycles. The number of halogens is 1. The molecule has 0 atom stereocenters. The molecule has 4 nitrogen and oxygen atoms in total. The van der Waals surface area contributed by atoms with Crippen LogP contribution in [0.4, 0.5) is 11.4 Å². The number of nitrogens with two attached hydrogens (primary N) is 2. The molecule has 0 spiro atoms. The number of hydrogen-bond acceptors (Lipinski definition) is 4. The third kappa shape index (κ3) is 2.06. The predicted molar refractivity (Wildman–Crippen MR) is 66.0 cm³/mol. The first-order valence-corrected chi connectivity index (χ1v) is 5.10. The molecule has 0 aliphatic carbocycles. The van der Waals surface area contributed by atoms with Crippen LogP contribution in [0, 0.1) is 6.92 Å². The van der Waals surface area contributed by atoms with Gasteiger partial charge < -0.3 is 11.5 Å². The summed E-state index contributed by atoms with van der Waals surface area (Å²) in [5.41, 5.74) is 14.3. The Bertz CT molecular complexity index is 519. The van der Waals surface area contributed by atoms with E-state index < -0.39 is 0 Å². The van der Waals surface area contributed by atoms with Crippen molar-refractivity contribution < 1.29 is 0 Å². The van der Waals surface area contributed by atoms with Gasteiger partial charge >= 0.3 is 0 Å². The van der Waals surface area contributed by atoms with E-state index in [9.17, 15) is 0 Å². The highest BCUT2D eigenvalue weighted by atomic mass is 35.5. The van der Waals surface area contributed by atoms with Crippen molar-refractivity contribution in [2.24, 2.45) is 0 Å². The van der Waals surface area contributed by atoms with Gasteiger partial charge in [0.05, 0.1) is 5.69 Å². The van der Waals surface area contributed by atoms with Crippen molar-refractivity contribution in [1.82, 2.24) is 9.97 Å². The van der Waals surface area contributed by atoms with Gasteiger partial charge in [0, 0.05) is 23.0 Å². The summed E-state index contributed by atoms with van der Waals surface area (Å²) in [6.45, 7) is 1.78. The van der Waals surface area contributed by atoms with Crippen molar-refractivity contribution in [2.45, 2.75) is 6.92 Å². The van der Waals surface area contributed by atoms with E-state index in [4.69, 9.17) is 23.1 Å². The zero-order valence-electron chi connectivity index (χ0n) is 8.74. The molecule has 0 bridgehead atoms. The minimum absolute atomic E-state index is 0.393. The highest BCUT2D eigenvalue weighted by Gasteiger charge is 2.07. The average molecular weight is 235 g/mol. The zero-order chi connectivity index (χ0) is 11.7. The van der Waals surface area contributed by atoms with Gasteiger partial charge in [-0.25, -0.2) is 9.97 Å². The number of rotatable bonds is 1. The number of aromatic nitrogens is 2. The Morgan fingerprint density at radius 3 is 2.56 bits per heavy atom. The van der Waals surface area contributed by atoms with Gasteiger partial charge in [-0.3, -0.25) is 0 Å². The fourth-order valence-electron chi connectivity index (χ4n) is 1.46. The number of benzene rings is 1. The summed E-state index contributed by atoms with van der Waals surface area (Å²) in [4.78, 5) is 8.27. The standard InChI is InChI=1S/C11H11ClN4/c1-6-15-10(5-11(12)16-6)8-4-7(13)2-3-9(8)14/h2-5H,13-14H2,1H3. The SMILES string of the molecule is Cc1nc(Cl)cc(-c2cc(N)ccc2N)n1. The number of nitrogen functional groups attached to an aromatic ring is 2. The van der Waals surface area contributed by atoms with Crippen LogP contribution in [-0.4, -0.2) is 9.97 Å². The van der Waals surface area contributed by atoms with Gasteiger partial charge in [-0.15, -0.1) is 0 Å². The van der Waals surface area contributed by atoms with E-state index in [-0.39, 0.29) is 0 Å². The number of anilines is 2. The minimum Gasteiger partial charge on any atom is -0.399 e. The van der Waals surface area contributed by atoms with Crippen molar-refractivity contribution in [3.05, 3.63) is 35.2 Å². The summed E-state index contributed by atoms with van der Waals surface area (Å²) < 4.78 is 0. The molecule has 82 valence electrons. The molecular weight excluding hydrogens is 224 g/mol. The molecule has 5 heteroatoms. The first-order chi connectivity index (χ1) is 7.56. The van der Waals surface area contributed by atoms with Crippen LogP contribution in [0.15, 0.2) is 24.3 Å². The molecule has 0 unspecified atom stereocenters. The van der Waals surface area contributed by atoms with Crippen LogP contribution in [0.5, 0.6) is 0 Å². The largest absolute Gasteiger partial charge is 0.399 e. The second-order valence-corrected chi connectivity index (χ2v) is 3.86. The van der Waals surface area contributed by atoms with E-state index in [1.54, 1.807) is 31.2 Å². The molecule has 0 radical (unpaired) electrons. The summed E-state index contributed by atoms with van der Waals surface area (Å²) in [7, 11) is 0. The second kappa shape index (κ2) is 3.98. The molecule has 0 fully saturated rings. The van der Waals surface area contributed by atoms with Crippen LogP contribution in [-0.2, 0) is 0 Å². The molecule has 0 saturated carbocycles. The van der Waals surface area contributed by atoms with E-state index in [0.717, 1.165) is 5.56 Å². The summed E-state index contributed by atoms with van der Waals surface area (Å²) in [6.07, 6.45) is 0. The van der Waals surface area contributed by atoms with E-state index in [1.165, 1.54) is 0 Å².